The first kappa shape index (κ1) is 17.9. The fraction of sp³-hybridized carbons (Fsp3) is 0.765. The minimum atomic E-state index is 0.978. The maximum Gasteiger partial charge on any atom is 0.151 e. The lowest BCUT2D eigenvalue weighted by atomic mass is 10.1. The summed E-state index contributed by atoms with van der Waals surface area (Å²) in [6.07, 6.45) is 7.97. The summed E-state index contributed by atoms with van der Waals surface area (Å²) < 4.78 is 0. The van der Waals surface area contributed by atoms with Crippen LogP contribution in [0.3, 0.4) is 0 Å². The quantitative estimate of drug-likeness (QED) is 0.584. The molecule has 0 atom stereocenters. The average molecular weight is 292 g/mol. The van der Waals surface area contributed by atoms with E-state index in [9.17, 15) is 0 Å². The molecule has 0 amide bonds. The van der Waals surface area contributed by atoms with Crippen molar-refractivity contribution in [3.63, 3.8) is 0 Å². The summed E-state index contributed by atoms with van der Waals surface area (Å²) >= 11 is 0. The molecule has 0 spiro atoms. The number of aryl methyl sites for hydroxylation is 1. The highest BCUT2D eigenvalue weighted by molar-refractivity contribution is 5.37. The van der Waals surface area contributed by atoms with Crippen molar-refractivity contribution < 1.29 is 0 Å². The van der Waals surface area contributed by atoms with Crippen molar-refractivity contribution in [1.29, 1.82) is 0 Å². The largest absolute Gasteiger partial charge is 0.354 e. The van der Waals surface area contributed by atoms with Gasteiger partial charge in [-0.25, -0.2) is 0 Å². The number of likely N-dealkylation sites (N-methyl/N-ethyl adjacent to an activating group) is 1. The summed E-state index contributed by atoms with van der Waals surface area (Å²) in [5.41, 5.74) is 0.978. The van der Waals surface area contributed by atoms with Crippen molar-refractivity contribution in [3.8, 4) is 0 Å². The maximum absolute atomic E-state index is 4.34. The second-order valence-corrected chi connectivity index (χ2v) is 6.09. The molecule has 0 bridgehead atoms. The summed E-state index contributed by atoms with van der Waals surface area (Å²) in [5.74, 6) is 1.01. The van der Waals surface area contributed by atoms with E-state index in [1.54, 1.807) is 0 Å². The zero-order valence-electron chi connectivity index (χ0n) is 14.3. The van der Waals surface area contributed by atoms with Crippen molar-refractivity contribution in [2.75, 3.05) is 38.6 Å². The number of unbranched alkanes of at least 4 members (excludes halogenated alkanes) is 5. The Morgan fingerprint density at radius 1 is 0.857 bits per heavy atom. The van der Waals surface area contributed by atoms with Crippen LogP contribution in [0.4, 0.5) is 5.82 Å². The summed E-state index contributed by atoms with van der Waals surface area (Å²) in [4.78, 5) is 4.59. The van der Waals surface area contributed by atoms with E-state index in [1.165, 1.54) is 38.5 Å². The smallest absolute Gasteiger partial charge is 0.151 e. The number of aromatic nitrogens is 2. The molecule has 0 N–H and O–H groups in total. The molecule has 1 heterocycles. The number of hydrogen-bond acceptors (Lipinski definition) is 4. The lowest BCUT2D eigenvalue weighted by Gasteiger charge is -2.25. The summed E-state index contributed by atoms with van der Waals surface area (Å²) in [5, 5.41) is 8.53. The van der Waals surface area contributed by atoms with Crippen molar-refractivity contribution in [3.05, 3.63) is 17.8 Å². The molecule has 0 unspecified atom stereocenters. The SMILES string of the molecule is CCCCCCCCN(CCN(C)C)c1ccc(C)nn1. The molecule has 0 aliphatic heterocycles. The Bertz CT molecular complexity index is 362. The minimum Gasteiger partial charge on any atom is -0.354 e. The maximum atomic E-state index is 4.34. The van der Waals surface area contributed by atoms with Gasteiger partial charge >= 0.3 is 0 Å². The monoisotopic (exact) mass is 292 g/mol. The molecule has 0 saturated heterocycles. The van der Waals surface area contributed by atoms with Gasteiger partial charge in [-0.05, 0) is 39.6 Å². The number of anilines is 1. The van der Waals surface area contributed by atoms with Gasteiger partial charge in [0.1, 0.15) is 0 Å². The molecule has 0 aromatic carbocycles. The van der Waals surface area contributed by atoms with Crippen LogP contribution in [0.1, 0.15) is 51.1 Å². The van der Waals surface area contributed by atoms with E-state index in [0.717, 1.165) is 31.1 Å². The van der Waals surface area contributed by atoms with Crippen LogP contribution in [0, 0.1) is 6.92 Å². The second-order valence-electron chi connectivity index (χ2n) is 6.09. The highest BCUT2D eigenvalue weighted by atomic mass is 15.3. The Kier molecular flexibility index (Phi) is 8.99. The number of hydrogen-bond donors (Lipinski definition) is 0. The van der Waals surface area contributed by atoms with Crippen molar-refractivity contribution in [2.24, 2.45) is 0 Å². The van der Waals surface area contributed by atoms with E-state index in [2.05, 4.69) is 47.1 Å². The number of nitrogens with zero attached hydrogens (tertiary/aromatic N) is 4. The summed E-state index contributed by atoms with van der Waals surface area (Å²) in [6, 6.07) is 4.14. The fourth-order valence-electron chi connectivity index (χ4n) is 2.31. The van der Waals surface area contributed by atoms with Crippen LogP contribution in [0.25, 0.3) is 0 Å². The molecule has 1 rings (SSSR count). The third kappa shape index (κ3) is 8.00. The second kappa shape index (κ2) is 10.6. The van der Waals surface area contributed by atoms with Crippen LogP contribution in [0.5, 0.6) is 0 Å². The molecule has 0 radical (unpaired) electrons. The highest BCUT2D eigenvalue weighted by Crippen LogP contribution is 2.12. The Morgan fingerprint density at radius 2 is 1.57 bits per heavy atom. The van der Waals surface area contributed by atoms with Gasteiger partial charge in [-0.3, -0.25) is 0 Å². The lowest BCUT2D eigenvalue weighted by Crippen LogP contribution is -2.33. The summed E-state index contributed by atoms with van der Waals surface area (Å²) in [7, 11) is 4.23. The Labute approximate surface area is 130 Å². The van der Waals surface area contributed by atoms with Crippen molar-refractivity contribution >= 4 is 5.82 Å². The topological polar surface area (TPSA) is 32.3 Å². The van der Waals surface area contributed by atoms with E-state index in [4.69, 9.17) is 0 Å². The third-order valence-electron chi connectivity index (χ3n) is 3.71. The predicted molar refractivity (Wildman–Crippen MR) is 90.9 cm³/mol. The van der Waals surface area contributed by atoms with E-state index < -0.39 is 0 Å². The van der Waals surface area contributed by atoms with Gasteiger partial charge in [-0.2, -0.15) is 5.10 Å². The van der Waals surface area contributed by atoms with E-state index in [-0.39, 0.29) is 0 Å². The molecule has 0 aliphatic carbocycles. The van der Waals surface area contributed by atoms with Gasteiger partial charge in [-0.1, -0.05) is 39.0 Å². The Hall–Kier alpha value is -1.16. The fourth-order valence-corrected chi connectivity index (χ4v) is 2.31. The van der Waals surface area contributed by atoms with Gasteiger partial charge in [0.2, 0.25) is 0 Å². The van der Waals surface area contributed by atoms with Gasteiger partial charge in [0, 0.05) is 19.6 Å². The summed E-state index contributed by atoms with van der Waals surface area (Å²) in [6.45, 7) is 7.39. The standard InChI is InChI=1S/C17H32N4/c1-5-6-7-8-9-10-13-21(15-14-20(3)4)17-12-11-16(2)18-19-17/h11-12H,5-10,13-15H2,1-4H3. The minimum absolute atomic E-state index is 0.978. The van der Waals surface area contributed by atoms with Crippen LogP contribution < -0.4 is 4.90 Å². The molecule has 0 fully saturated rings. The van der Waals surface area contributed by atoms with Crippen LogP contribution in [-0.4, -0.2) is 48.8 Å². The van der Waals surface area contributed by atoms with Crippen molar-refractivity contribution in [1.82, 2.24) is 15.1 Å². The highest BCUT2D eigenvalue weighted by Gasteiger charge is 2.08. The van der Waals surface area contributed by atoms with Crippen LogP contribution in [0.15, 0.2) is 12.1 Å². The molecule has 1 aromatic heterocycles. The van der Waals surface area contributed by atoms with Gasteiger partial charge in [0.15, 0.2) is 5.82 Å². The molecular weight excluding hydrogens is 260 g/mol. The van der Waals surface area contributed by atoms with E-state index >= 15 is 0 Å². The average Bonchev–Trinajstić information content (AvgIpc) is 2.46. The van der Waals surface area contributed by atoms with E-state index in [0.29, 0.717) is 0 Å². The molecule has 4 nitrogen and oxygen atoms in total. The molecule has 1 aromatic rings. The normalized spacial score (nSPS) is 11.1. The van der Waals surface area contributed by atoms with Crippen LogP contribution >= 0.6 is 0 Å². The predicted octanol–water partition coefficient (Wildman–Crippen LogP) is 3.51. The zero-order valence-corrected chi connectivity index (χ0v) is 14.3. The first-order valence-corrected chi connectivity index (χ1v) is 8.33. The third-order valence-corrected chi connectivity index (χ3v) is 3.71. The number of rotatable bonds is 11. The molecule has 120 valence electrons. The Morgan fingerprint density at radius 3 is 2.19 bits per heavy atom. The molecule has 0 saturated carbocycles. The van der Waals surface area contributed by atoms with Gasteiger partial charge in [0.05, 0.1) is 5.69 Å². The molecule has 21 heavy (non-hydrogen) atoms. The molecular formula is C17H32N4. The van der Waals surface area contributed by atoms with Gasteiger partial charge < -0.3 is 9.80 Å². The van der Waals surface area contributed by atoms with Crippen LogP contribution in [-0.2, 0) is 0 Å². The van der Waals surface area contributed by atoms with Gasteiger partial charge in [-0.15, -0.1) is 5.10 Å². The lowest BCUT2D eigenvalue weighted by molar-refractivity contribution is 0.411. The van der Waals surface area contributed by atoms with Crippen LogP contribution in [0.2, 0.25) is 0 Å². The first-order valence-electron chi connectivity index (χ1n) is 8.33. The zero-order chi connectivity index (χ0) is 15.5. The van der Waals surface area contributed by atoms with Gasteiger partial charge in [0.25, 0.3) is 0 Å². The van der Waals surface area contributed by atoms with E-state index in [1.807, 2.05) is 13.0 Å². The first-order chi connectivity index (χ1) is 10.1. The molecule has 0 aliphatic rings. The van der Waals surface area contributed by atoms with Crippen molar-refractivity contribution in [2.45, 2.75) is 52.4 Å². The Balaban J connectivity index is 2.42. The molecule has 4 heteroatoms.